The first kappa shape index (κ1) is 18.3. The maximum absolute atomic E-state index is 12.9. The topological polar surface area (TPSA) is 55.4 Å². The van der Waals surface area contributed by atoms with Gasteiger partial charge in [-0.05, 0) is 53.6 Å². The van der Waals surface area contributed by atoms with Gasteiger partial charge >= 0.3 is 5.97 Å². The van der Waals surface area contributed by atoms with Crippen molar-refractivity contribution in [2.75, 3.05) is 5.32 Å². The normalized spacial score (nSPS) is 12.1. The largest absolute Gasteiger partial charge is 0.449 e. The summed E-state index contributed by atoms with van der Waals surface area (Å²) in [6.07, 6.45) is 1.97. The summed E-state index contributed by atoms with van der Waals surface area (Å²) in [4.78, 5) is 24.1. The van der Waals surface area contributed by atoms with E-state index in [0.717, 1.165) is 16.3 Å². The Morgan fingerprint density at radius 2 is 1.70 bits per heavy atom. The van der Waals surface area contributed by atoms with Crippen molar-refractivity contribution in [1.29, 1.82) is 0 Å². The molecule has 27 heavy (non-hydrogen) atoms. The van der Waals surface area contributed by atoms with E-state index in [1.807, 2.05) is 42.5 Å². The molecule has 0 unspecified atom stereocenters. The van der Waals surface area contributed by atoms with E-state index in [9.17, 15) is 14.0 Å². The Kier molecular flexibility index (Phi) is 5.61. The fourth-order valence-electron chi connectivity index (χ4n) is 2.60. The number of hydrogen-bond donors (Lipinski definition) is 1. The van der Waals surface area contributed by atoms with Gasteiger partial charge in [-0.1, -0.05) is 42.5 Å². The standard InChI is InChI=1S/C22H18FNO3/c1-15(22(26)24-19-12-10-18(23)11-13-19)27-21(25)14-9-17-7-4-6-16-5-2-3-8-20(16)17/h2-15H,1H3,(H,24,26)/b14-9+/t15-/m0/s1. The third-order valence-electron chi connectivity index (χ3n) is 4.00. The van der Waals surface area contributed by atoms with Crippen LogP contribution < -0.4 is 5.32 Å². The minimum absolute atomic E-state index is 0.397. The predicted octanol–water partition coefficient (Wildman–Crippen LogP) is 4.56. The summed E-state index contributed by atoms with van der Waals surface area (Å²) in [6, 6.07) is 19.0. The van der Waals surface area contributed by atoms with Crippen molar-refractivity contribution in [2.24, 2.45) is 0 Å². The SMILES string of the molecule is C[C@H](OC(=O)/C=C/c1cccc2ccccc12)C(=O)Nc1ccc(F)cc1. The molecule has 0 radical (unpaired) electrons. The maximum atomic E-state index is 12.9. The van der Waals surface area contributed by atoms with Crippen LogP contribution in [0.1, 0.15) is 12.5 Å². The van der Waals surface area contributed by atoms with Crippen molar-refractivity contribution in [2.45, 2.75) is 13.0 Å². The summed E-state index contributed by atoms with van der Waals surface area (Å²) in [7, 11) is 0. The molecule has 3 aromatic rings. The highest BCUT2D eigenvalue weighted by atomic mass is 19.1. The van der Waals surface area contributed by atoms with Gasteiger partial charge in [0.15, 0.2) is 6.10 Å². The van der Waals surface area contributed by atoms with Crippen LogP contribution in [-0.2, 0) is 14.3 Å². The van der Waals surface area contributed by atoms with Crippen LogP contribution >= 0.6 is 0 Å². The van der Waals surface area contributed by atoms with Crippen molar-refractivity contribution in [3.63, 3.8) is 0 Å². The number of amides is 1. The zero-order valence-corrected chi connectivity index (χ0v) is 14.7. The first-order valence-electron chi connectivity index (χ1n) is 8.46. The highest BCUT2D eigenvalue weighted by molar-refractivity contribution is 5.98. The molecule has 1 atom stereocenters. The van der Waals surface area contributed by atoms with Gasteiger partial charge < -0.3 is 10.1 Å². The van der Waals surface area contributed by atoms with Crippen LogP contribution in [0.15, 0.2) is 72.8 Å². The van der Waals surface area contributed by atoms with Gasteiger partial charge in [0.2, 0.25) is 0 Å². The molecule has 136 valence electrons. The maximum Gasteiger partial charge on any atom is 0.331 e. The molecule has 0 spiro atoms. The van der Waals surface area contributed by atoms with Crippen molar-refractivity contribution in [1.82, 2.24) is 0 Å². The minimum atomic E-state index is -0.986. The second kappa shape index (κ2) is 8.27. The third kappa shape index (κ3) is 4.79. The Morgan fingerprint density at radius 3 is 2.48 bits per heavy atom. The molecule has 1 amide bonds. The van der Waals surface area contributed by atoms with Gasteiger partial charge in [-0.2, -0.15) is 0 Å². The van der Waals surface area contributed by atoms with E-state index in [4.69, 9.17) is 4.74 Å². The van der Waals surface area contributed by atoms with Crippen LogP contribution in [0.25, 0.3) is 16.8 Å². The molecule has 0 fully saturated rings. The van der Waals surface area contributed by atoms with Gasteiger partial charge in [-0.3, -0.25) is 4.79 Å². The molecule has 0 bridgehead atoms. The van der Waals surface area contributed by atoms with Gasteiger partial charge in [-0.15, -0.1) is 0 Å². The zero-order valence-electron chi connectivity index (χ0n) is 14.7. The number of carbonyl (C=O) groups excluding carboxylic acids is 2. The van der Waals surface area contributed by atoms with Gasteiger partial charge in [-0.25, -0.2) is 9.18 Å². The molecule has 0 saturated carbocycles. The lowest BCUT2D eigenvalue weighted by molar-refractivity contribution is -0.148. The van der Waals surface area contributed by atoms with Gasteiger partial charge in [0.1, 0.15) is 5.82 Å². The number of halogens is 1. The number of rotatable bonds is 5. The molecular formula is C22H18FNO3. The summed E-state index contributed by atoms with van der Waals surface area (Å²) in [5, 5.41) is 4.65. The second-order valence-corrected chi connectivity index (χ2v) is 5.98. The monoisotopic (exact) mass is 363 g/mol. The van der Waals surface area contributed by atoms with Crippen LogP contribution in [-0.4, -0.2) is 18.0 Å². The Bertz CT molecular complexity index is 991. The molecular weight excluding hydrogens is 345 g/mol. The molecule has 4 nitrogen and oxygen atoms in total. The van der Waals surface area contributed by atoms with Gasteiger partial charge in [0, 0.05) is 11.8 Å². The van der Waals surface area contributed by atoms with Crippen LogP contribution in [0.5, 0.6) is 0 Å². The Labute approximate surface area is 156 Å². The van der Waals surface area contributed by atoms with Crippen molar-refractivity contribution >= 4 is 34.4 Å². The highest BCUT2D eigenvalue weighted by Gasteiger charge is 2.16. The number of fused-ring (bicyclic) bond motifs is 1. The number of esters is 1. The molecule has 0 aliphatic carbocycles. The quantitative estimate of drug-likeness (QED) is 0.534. The van der Waals surface area contributed by atoms with Crippen LogP contribution in [0.3, 0.4) is 0 Å². The summed E-state index contributed by atoms with van der Waals surface area (Å²) in [6.45, 7) is 1.47. The van der Waals surface area contributed by atoms with E-state index in [-0.39, 0.29) is 0 Å². The number of benzene rings is 3. The number of ether oxygens (including phenoxy) is 1. The molecule has 3 aromatic carbocycles. The lowest BCUT2D eigenvalue weighted by Crippen LogP contribution is -2.29. The predicted molar refractivity (Wildman–Crippen MR) is 104 cm³/mol. The van der Waals surface area contributed by atoms with Crippen LogP contribution in [0.2, 0.25) is 0 Å². The summed E-state index contributed by atoms with van der Waals surface area (Å²) >= 11 is 0. The summed E-state index contributed by atoms with van der Waals surface area (Å²) in [5.41, 5.74) is 1.31. The molecule has 3 rings (SSSR count). The van der Waals surface area contributed by atoms with E-state index in [1.165, 1.54) is 37.3 Å². The Hall–Kier alpha value is -3.47. The van der Waals surface area contributed by atoms with Crippen molar-refractivity contribution < 1.29 is 18.7 Å². The Morgan fingerprint density at radius 1 is 1.00 bits per heavy atom. The second-order valence-electron chi connectivity index (χ2n) is 5.98. The molecule has 5 heteroatoms. The highest BCUT2D eigenvalue weighted by Crippen LogP contribution is 2.19. The smallest absolute Gasteiger partial charge is 0.331 e. The van der Waals surface area contributed by atoms with Crippen molar-refractivity contribution in [3.05, 3.63) is 84.2 Å². The summed E-state index contributed by atoms with van der Waals surface area (Å²) in [5.74, 6) is -1.51. The third-order valence-corrected chi connectivity index (χ3v) is 4.00. The molecule has 0 aliphatic rings. The fourth-order valence-corrected chi connectivity index (χ4v) is 2.60. The molecule has 0 aromatic heterocycles. The number of carbonyl (C=O) groups is 2. The number of nitrogens with one attached hydrogen (secondary N) is 1. The van der Waals surface area contributed by atoms with E-state index in [1.54, 1.807) is 6.08 Å². The van der Waals surface area contributed by atoms with E-state index in [0.29, 0.717) is 5.69 Å². The molecule has 0 heterocycles. The molecule has 0 saturated heterocycles. The molecule has 0 aliphatic heterocycles. The number of anilines is 1. The number of hydrogen-bond acceptors (Lipinski definition) is 3. The van der Waals surface area contributed by atoms with Crippen LogP contribution in [0.4, 0.5) is 10.1 Å². The first-order chi connectivity index (χ1) is 13.0. The minimum Gasteiger partial charge on any atom is -0.449 e. The van der Waals surface area contributed by atoms with E-state index in [2.05, 4.69) is 5.32 Å². The van der Waals surface area contributed by atoms with E-state index >= 15 is 0 Å². The summed E-state index contributed by atoms with van der Waals surface area (Å²) < 4.78 is 18.0. The average molecular weight is 363 g/mol. The fraction of sp³-hybridized carbons (Fsp3) is 0.0909. The van der Waals surface area contributed by atoms with Crippen LogP contribution in [0, 0.1) is 5.82 Å². The lowest BCUT2D eigenvalue weighted by atomic mass is 10.0. The Balaban J connectivity index is 1.61. The zero-order chi connectivity index (χ0) is 19.2. The van der Waals surface area contributed by atoms with Gasteiger partial charge in [0.05, 0.1) is 0 Å². The van der Waals surface area contributed by atoms with Gasteiger partial charge in [0.25, 0.3) is 5.91 Å². The average Bonchev–Trinajstić information content (AvgIpc) is 2.68. The van der Waals surface area contributed by atoms with Crippen molar-refractivity contribution in [3.8, 4) is 0 Å². The lowest BCUT2D eigenvalue weighted by Gasteiger charge is -2.12. The van der Waals surface area contributed by atoms with E-state index < -0.39 is 23.8 Å². The first-order valence-corrected chi connectivity index (χ1v) is 8.46. The molecule has 1 N–H and O–H groups in total.